The normalized spacial score (nSPS) is 24.3. The maximum absolute atomic E-state index is 14.9. The summed E-state index contributed by atoms with van der Waals surface area (Å²) >= 11 is 1.25. The first kappa shape index (κ1) is 94.1. The zero-order valence-electron chi connectivity index (χ0n) is 66.6. The van der Waals surface area contributed by atoms with Gasteiger partial charge in [-0.25, -0.2) is 28.6 Å². The van der Waals surface area contributed by atoms with E-state index in [1.807, 2.05) is 58.0 Å². The number of ketones is 3. The molecule has 0 spiro atoms. The van der Waals surface area contributed by atoms with E-state index < -0.39 is 150 Å². The minimum atomic E-state index is -5.64. The highest BCUT2D eigenvalue weighted by molar-refractivity contribution is 8.00. The number of nitrogen functional groups attached to an aromatic ring is 1. The van der Waals surface area contributed by atoms with Crippen molar-refractivity contribution < 1.29 is 129 Å². The van der Waals surface area contributed by atoms with Gasteiger partial charge in [0, 0.05) is 90.3 Å². The number of piperidine rings is 1. The number of methoxy groups -OCH3 is 2. The summed E-state index contributed by atoms with van der Waals surface area (Å²) in [5.74, 6) is -6.38. The molecule has 19 atom stereocenters. The van der Waals surface area contributed by atoms with Gasteiger partial charge in [-0.2, -0.15) is 4.31 Å². The number of carboxylic acid groups (broad SMARTS) is 1. The van der Waals surface area contributed by atoms with Crippen LogP contribution in [0.25, 0.3) is 11.2 Å². The largest absolute Gasteiger partial charge is 0.481 e. The van der Waals surface area contributed by atoms with Crippen LogP contribution in [0.1, 0.15) is 176 Å². The van der Waals surface area contributed by atoms with Gasteiger partial charge in [-0.15, -0.1) is 11.8 Å². The Bertz CT molecular complexity index is 4070. The number of likely N-dealkylation sites (tertiary alicyclic amines) is 3. The average Bonchev–Trinajstić information content (AvgIpc) is 1.62. The Labute approximate surface area is 672 Å². The number of nitrogens with one attached hydrogen (secondary N) is 1. The molecule has 5 fully saturated rings. The van der Waals surface area contributed by atoms with Crippen LogP contribution in [0, 0.1) is 35.0 Å². The van der Waals surface area contributed by atoms with Crippen molar-refractivity contribution in [3.8, 4) is 0 Å². The van der Waals surface area contributed by atoms with Crippen molar-refractivity contribution in [1.82, 2.24) is 44.4 Å². The predicted octanol–water partition coefficient (Wildman–Crippen LogP) is 5.64. The number of fused-ring (bicyclic) bond motifs is 3. The monoisotopic (exact) mass is 1700 g/mol. The fourth-order valence-electron chi connectivity index (χ4n) is 16.2. The second-order valence-electron chi connectivity index (χ2n) is 31.6. The van der Waals surface area contributed by atoms with Crippen molar-refractivity contribution >= 4 is 111 Å². The van der Waals surface area contributed by atoms with Gasteiger partial charge in [0.05, 0.1) is 61.4 Å². The molecule has 1 aliphatic carbocycles. The number of hydrogen-bond acceptors (Lipinski definition) is 27. The molecule has 6 heterocycles. The number of hydrogen-bond donors (Lipinski definition) is 9. The Morgan fingerprint density at radius 3 is 2.20 bits per heavy atom. The van der Waals surface area contributed by atoms with Gasteiger partial charge in [0.25, 0.3) is 0 Å². The molecule has 642 valence electrons. The number of likely N-dealkylation sites (N-methyl/N-ethyl adjacent to an activating group) is 1. The number of Topliss-reactive ketones (excluding diaryl/α,β-unsaturated/α-hetero) is 3. The van der Waals surface area contributed by atoms with Gasteiger partial charge in [0.1, 0.15) is 59.9 Å². The lowest BCUT2D eigenvalue weighted by molar-refractivity contribution is -0.149. The first-order chi connectivity index (χ1) is 54.1. The van der Waals surface area contributed by atoms with Crippen molar-refractivity contribution in [2.75, 3.05) is 59.1 Å². The average molecular weight is 1700 g/mol. The van der Waals surface area contributed by atoms with Crippen molar-refractivity contribution in [3.05, 3.63) is 48.5 Å². The number of aliphatic hydroxyl groups excluding tert-OH is 2. The molecule has 115 heavy (non-hydrogen) atoms. The Morgan fingerprint density at radius 1 is 0.843 bits per heavy atom. The molecule has 1 saturated carbocycles. The van der Waals surface area contributed by atoms with E-state index in [4.69, 9.17) is 33.5 Å². The molecule has 1 aromatic carbocycles. The number of imidazole rings is 1. The topological polar surface area (TPSA) is 523 Å². The third kappa shape index (κ3) is 24.7. The summed E-state index contributed by atoms with van der Waals surface area (Å²) in [5.41, 5.74) is 5.06. The first-order valence-corrected chi connectivity index (χ1v) is 44.6. The molecule has 0 radical (unpaired) electrons. The van der Waals surface area contributed by atoms with Gasteiger partial charge in [0.2, 0.25) is 35.4 Å². The Balaban J connectivity index is 0.724. The Kier molecular flexibility index (Phi) is 34.0. The highest BCUT2D eigenvalue weighted by atomic mass is 32.2. The molecule has 37 nitrogen and oxygen atoms in total. The number of phosphoric acid groups is 3. The summed E-state index contributed by atoms with van der Waals surface area (Å²) in [6, 6.07) is 6.03. The SMILES string of the molecule is CC[C@H](C)[C@@H]([C@@H](CC(=O)N1CCC[C@H]1[C@H](OC)[C@@H](C)C(=O)C[C@@H](Cc1ccccc1)C(=O)O)OC)N(C)C(=O)[C@@H](NC(=O)[C@@H]1[C@H]2CC[C@@H](C2)N1C(=O)CCCCCN1C(=O)CC(SCCCC(=O)CCCC(=O)[C@H](O)C(C)(C)COP(=O)(O)OP(=O)(O)OC[C@H]2O[C@@H](n3cnc4c(N)ncnc43)[C@@H](O)[C@H]2OP(=O)(O)O)C1=O)C(C)C. The number of phosphoric ester groups is 3. The van der Waals surface area contributed by atoms with Crippen molar-refractivity contribution in [3.63, 3.8) is 0 Å². The van der Waals surface area contributed by atoms with E-state index in [1.54, 1.807) is 28.7 Å². The number of unbranched alkanes of at least 4 members (excludes halogenated alkanes) is 2. The van der Waals surface area contributed by atoms with Crippen LogP contribution in [-0.4, -0.2) is 258 Å². The number of amides is 6. The second kappa shape index (κ2) is 41.5. The van der Waals surface area contributed by atoms with Crippen LogP contribution < -0.4 is 11.1 Å². The zero-order chi connectivity index (χ0) is 84.8. The molecular formula is C74H113N10O27P3S. The van der Waals surface area contributed by atoms with Crippen LogP contribution in [0.5, 0.6) is 0 Å². The molecule has 8 rings (SSSR count). The molecular weight excluding hydrogens is 1590 g/mol. The molecule has 4 saturated heterocycles. The maximum atomic E-state index is 14.9. The number of aliphatic carboxylic acids is 1. The van der Waals surface area contributed by atoms with Crippen LogP contribution >= 0.6 is 35.2 Å². The smallest absolute Gasteiger partial charge is 0.481 e. The fourth-order valence-corrected chi connectivity index (χ4v) is 20.1. The number of carboxylic acids is 1. The van der Waals surface area contributed by atoms with Crippen LogP contribution in [0.3, 0.4) is 0 Å². The quantitative estimate of drug-likeness (QED) is 0.0188. The van der Waals surface area contributed by atoms with Gasteiger partial charge >= 0.3 is 29.4 Å². The van der Waals surface area contributed by atoms with Gasteiger partial charge in [-0.05, 0) is 93.3 Å². The number of carbonyl (C=O) groups is 10. The number of aromatic nitrogens is 4. The van der Waals surface area contributed by atoms with E-state index in [2.05, 4.69) is 24.6 Å². The van der Waals surface area contributed by atoms with E-state index in [1.165, 1.54) is 44.7 Å². The number of thioether (sulfide) groups is 1. The Morgan fingerprint density at radius 2 is 1.54 bits per heavy atom. The lowest BCUT2D eigenvalue weighted by Crippen LogP contribution is -2.60. The van der Waals surface area contributed by atoms with Gasteiger partial charge in [0.15, 0.2) is 23.5 Å². The molecule has 3 unspecified atom stereocenters. The lowest BCUT2D eigenvalue weighted by Gasteiger charge is -2.41. The van der Waals surface area contributed by atoms with E-state index in [0.717, 1.165) is 35.6 Å². The molecule has 2 aromatic heterocycles. The first-order valence-electron chi connectivity index (χ1n) is 39.0. The summed E-state index contributed by atoms with van der Waals surface area (Å²) in [6.07, 6.45) is -3.06. The van der Waals surface area contributed by atoms with Crippen LogP contribution in [0.15, 0.2) is 43.0 Å². The number of carbonyl (C=O) groups excluding carboxylic acids is 9. The zero-order valence-corrected chi connectivity index (χ0v) is 70.1. The van der Waals surface area contributed by atoms with E-state index in [0.29, 0.717) is 63.7 Å². The number of nitrogens with two attached hydrogens (primary N) is 1. The minimum absolute atomic E-state index is 0.00976. The Hall–Kier alpha value is -6.41. The van der Waals surface area contributed by atoms with E-state index >= 15 is 0 Å². The minimum Gasteiger partial charge on any atom is -0.481 e. The summed E-state index contributed by atoms with van der Waals surface area (Å²) in [5, 5.41) is 34.4. The fraction of sp³-hybridized carbons (Fsp3) is 0.716. The number of anilines is 1. The molecule has 10 N–H and O–H groups in total. The predicted molar refractivity (Wildman–Crippen MR) is 414 cm³/mol. The van der Waals surface area contributed by atoms with Gasteiger partial charge in [-0.1, -0.05) is 91.6 Å². The van der Waals surface area contributed by atoms with E-state index in [-0.39, 0.29) is 140 Å². The van der Waals surface area contributed by atoms with Crippen LogP contribution in [0.4, 0.5) is 5.82 Å². The number of benzene rings is 1. The molecule has 6 amide bonds. The second-order valence-corrected chi connectivity index (χ2v) is 37.1. The standard InChI is InChI=1S/C74H113N10O27P3S/c1-11-43(4)61(53(105-9)36-57(89)81-31-19-25-50(81)64(106-10)44(5)52(87)35-47(73(96)97)33-45-21-14-12-15-22-45)80(8)71(95)59(42(2)3)79-69(93)62-46-28-29-48(34-46)84(62)56(88)27-16-13-17-30-82-58(90)37-55(70(82)94)115-32-20-24-49(85)23-18-26-51(86)66(92)74(6,7)39-108-114(103,104)111-113(101,102)107-38-54-65(110-112(98,99)100)63(91)72(109-54)83-41-78-60-67(75)76-40-77-68(60)83/h12,14-15,21-22,40-44,46-48,50,53-55,59,61-66,72,91-92H,11,13,16-20,23-39H2,1-10H3,(H,79,93)(H,96,97)(H,101,102)(H,103,104)(H2,75,76,77)(H2,98,99,100)/t43-,44-,46-,47+,48-,50-,53+,54+,55?,59-,61-,62-,63-,64+,65-,66-,72+/m0/s1. The number of imide groups is 1. The number of rotatable bonds is 48. The van der Waals surface area contributed by atoms with Gasteiger partial charge < -0.3 is 74.9 Å². The highest BCUT2D eigenvalue weighted by Crippen LogP contribution is 2.61. The number of aliphatic hydroxyl groups is 2. The van der Waals surface area contributed by atoms with Crippen LogP contribution in [0.2, 0.25) is 0 Å². The molecule has 41 heteroatoms. The number of ether oxygens (including phenoxy) is 3. The molecule has 2 bridgehead atoms. The number of nitrogens with zero attached hydrogens (tertiary/aromatic N) is 8. The van der Waals surface area contributed by atoms with Gasteiger partial charge in [-0.3, -0.25) is 71.0 Å². The summed E-state index contributed by atoms with van der Waals surface area (Å²) in [6.45, 7) is 10.3. The molecule has 4 aliphatic heterocycles. The highest BCUT2D eigenvalue weighted by Gasteiger charge is 2.54. The van der Waals surface area contributed by atoms with Crippen molar-refractivity contribution in [1.29, 1.82) is 0 Å². The summed E-state index contributed by atoms with van der Waals surface area (Å²) in [7, 11) is -12.0. The third-order valence-electron chi connectivity index (χ3n) is 22.6. The van der Waals surface area contributed by atoms with Crippen LogP contribution in [-0.2, 0) is 100 Å². The summed E-state index contributed by atoms with van der Waals surface area (Å²) in [4.78, 5) is 195. The molecule has 5 aliphatic rings. The lowest BCUT2D eigenvalue weighted by atomic mass is 9.84. The third-order valence-corrected chi connectivity index (χ3v) is 27.0. The maximum Gasteiger partial charge on any atom is 0.481 e. The van der Waals surface area contributed by atoms with Crippen molar-refractivity contribution in [2.45, 2.75) is 249 Å². The molecule has 3 aromatic rings. The van der Waals surface area contributed by atoms with Crippen molar-refractivity contribution in [2.24, 2.45) is 35.0 Å². The van der Waals surface area contributed by atoms with E-state index in [9.17, 15) is 96.5 Å². The summed E-state index contributed by atoms with van der Waals surface area (Å²) < 4.78 is 75.3.